The lowest BCUT2D eigenvalue weighted by molar-refractivity contribution is 0.168. The number of ether oxygens (including phenoxy) is 1. The molecule has 2 unspecified atom stereocenters. The molecule has 0 aliphatic carbocycles. The van der Waals surface area contributed by atoms with Gasteiger partial charge >= 0.3 is 0 Å². The van der Waals surface area contributed by atoms with Crippen LogP contribution in [-0.2, 0) is 0 Å². The second kappa shape index (κ2) is 7.09. The van der Waals surface area contributed by atoms with Crippen LogP contribution in [0.15, 0.2) is 18.3 Å². The summed E-state index contributed by atoms with van der Waals surface area (Å²) in [4.78, 5) is 4.19. The van der Waals surface area contributed by atoms with Crippen molar-refractivity contribution in [3.8, 4) is 5.75 Å². The molecule has 0 aliphatic heterocycles. The quantitative estimate of drug-likeness (QED) is 0.661. The molecule has 0 aliphatic rings. The predicted molar refractivity (Wildman–Crippen MR) is 68.2 cm³/mol. The molecule has 0 aromatic carbocycles. The van der Waals surface area contributed by atoms with Crippen LogP contribution in [0, 0.1) is 0 Å². The van der Waals surface area contributed by atoms with E-state index >= 15 is 0 Å². The third kappa shape index (κ3) is 4.58. The molecule has 2 atom stereocenters. The Hall–Kier alpha value is -1.33. The van der Waals surface area contributed by atoms with Crippen molar-refractivity contribution in [1.82, 2.24) is 4.98 Å². The zero-order chi connectivity index (χ0) is 12.7. The van der Waals surface area contributed by atoms with Crippen LogP contribution < -0.4 is 15.8 Å². The number of hydrogen-bond acceptors (Lipinski definition) is 5. The fraction of sp³-hybridized carbons (Fsp3) is 0.583. The van der Waals surface area contributed by atoms with Gasteiger partial charge in [0, 0.05) is 18.8 Å². The smallest absolute Gasteiger partial charge is 0.168 e. The molecule has 0 radical (unpaired) electrons. The molecular formula is C12H21N3O2. The summed E-state index contributed by atoms with van der Waals surface area (Å²) in [5.41, 5.74) is 5.73. The van der Waals surface area contributed by atoms with E-state index in [1.54, 1.807) is 13.1 Å². The molecule has 5 heteroatoms. The van der Waals surface area contributed by atoms with Crippen molar-refractivity contribution >= 4 is 5.82 Å². The number of hydrogen-bond donors (Lipinski definition) is 3. The van der Waals surface area contributed by atoms with Gasteiger partial charge in [-0.15, -0.1) is 0 Å². The van der Waals surface area contributed by atoms with Crippen LogP contribution in [0.25, 0.3) is 0 Å². The highest BCUT2D eigenvalue weighted by Crippen LogP contribution is 2.20. The molecule has 0 spiro atoms. The van der Waals surface area contributed by atoms with Crippen LogP contribution in [-0.4, -0.2) is 35.4 Å². The van der Waals surface area contributed by atoms with Crippen LogP contribution in [0.3, 0.4) is 0 Å². The Bertz CT molecular complexity index is 331. The molecule has 0 saturated heterocycles. The van der Waals surface area contributed by atoms with E-state index in [-0.39, 0.29) is 6.04 Å². The second-order valence-corrected chi connectivity index (χ2v) is 3.98. The first-order valence-corrected chi connectivity index (χ1v) is 5.90. The Morgan fingerprint density at radius 3 is 3.00 bits per heavy atom. The highest BCUT2D eigenvalue weighted by atomic mass is 16.5. The average Bonchev–Trinajstić information content (AvgIpc) is 2.34. The molecule has 1 aromatic rings. The number of nitrogens with one attached hydrogen (secondary N) is 1. The number of aromatic nitrogens is 1. The van der Waals surface area contributed by atoms with Crippen molar-refractivity contribution in [2.24, 2.45) is 5.73 Å². The summed E-state index contributed by atoms with van der Waals surface area (Å²) in [5, 5.41) is 12.4. The lowest BCUT2D eigenvalue weighted by atomic mass is 10.2. The van der Waals surface area contributed by atoms with E-state index in [9.17, 15) is 5.11 Å². The average molecular weight is 239 g/mol. The van der Waals surface area contributed by atoms with Crippen LogP contribution in [0.4, 0.5) is 5.82 Å². The van der Waals surface area contributed by atoms with E-state index in [0.717, 1.165) is 6.42 Å². The van der Waals surface area contributed by atoms with E-state index in [1.807, 2.05) is 19.1 Å². The molecule has 0 fully saturated rings. The zero-order valence-electron chi connectivity index (χ0n) is 10.4. The highest BCUT2D eigenvalue weighted by molar-refractivity contribution is 5.49. The standard InChI is InChI=1S/C12H21N3O2/c1-3-7-17-11-5-4-6-14-12(11)15-8-10(13)9(2)16/h4-6,9-10,16H,3,7-8,13H2,1-2H3,(H,14,15). The summed E-state index contributed by atoms with van der Waals surface area (Å²) >= 11 is 0. The van der Waals surface area contributed by atoms with Gasteiger partial charge in [-0.05, 0) is 25.5 Å². The Morgan fingerprint density at radius 1 is 1.59 bits per heavy atom. The third-order valence-corrected chi connectivity index (χ3v) is 2.36. The molecular weight excluding hydrogens is 218 g/mol. The van der Waals surface area contributed by atoms with E-state index in [2.05, 4.69) is 10.3 Å². The third-order valence-electron chi connectivity index (χ3n) is 2.36. The Kier molecular flexibility index (Phi) is 5.72. The fourth-order valence-electron chi connectivity index (χ4n) is 1.24. The first-order valence-electron chi connectivity index (χ1n) is 5.90. The maximum Gasteiger partial charge on any atom is 0.168 e. The number of nitrogens with two attached hydrogens (primary N) is 1. The van der Waals surface area contributed by atoms with E-state index < -0.39 is 6.10 Å². The number of nitrogens with zero attached hydrogens (tertiary/aromatic N) is 1. The van der Waals surface area contributed by atoms with Crippen molar-refractivity contribution in [2.75, 3.05) is 18.5 Å². The molecule has 96 valence electrons. The molecule has 4 N–H and O–H groups in total. The van der Waals surface area contributed by atoms with Gasteiger partial charge in [0.25, 0.3) is 0 Å². The minimum atomic E-state index is -0.550. The summed E-state index contributed by atoms with van der Waals surface area (Å²) in [5.74, 6) is 1.38. The summed E-state index contributed by atoms with van der Waals surface area (Å²) in [6, 6.07) is 3.36. The minimum Gasteiger partial charge on any atom is -0.490 e. The highest BCUT2D eigenvalue weighted by Gasteiger charge is 2.10. The number of anilines is 1. The molecule has 0 amide bonds. The number of rotatable bonds is 7. The topological polar surface area (TPSA) is 80.4 Å². The Labute approximate surface area is 102 Å². The van der Waals surface area contributed by atoms with Gasteiger partial charge in [0.05, 0.1) is 12.7 Å². The monoisotopic (exact) mass is 239 g/mol. The van der Waals surface area contributed by atoms with Crippen molar-refractivity contribution in [1.29, 1.82) is 0 Å². The normalized spacial score (nSPS) is 14.1. The fourth-order valence-corrected chi connectivity index (χ4v) is 1.24. The van der Waals surface area contributed by atoms with E-state index in [4.69, 9.17) is 10.5 Å². The summed E-state index contributed by atoms with van der Waals surface area (Å²) in [7, 11) is 0. The predicted octanol–water partition coefficient (Wildman–Crippen LogP) is 0.990. The van der Waals surface area contributed by atoms with Gasteiger partial charge in [0.2, 0.25) is 0 Å². The number of aliphatic hydroxyl groups is 1. The lowest BCUT2D eigenvalue weighted by Gasteiger charge is -2.17. The Balaban J connectivity index is 2.57. The van der Waals surface area contributed by atoms with Crippen molar-refractivity contribution < 1.29 is 9.84 Å². The Morgan fingerprint density at radius 2 is 2.35 bits per heavy atom. The molecule has 1 aromatic heterocycles. The molecule has 1 heterocycles. The zero-order valence-corrected chi connectivity index (χ0v) is 10.4. The van der Waals surface area contributed by atoms with Gasteiger partial charge in [0.15, 0.2) is 11.6 Å². The number of pyridine rings is 1. The lowest BCUT2D eigenvalue weighted by Crippen LogP contribution is -2.38. The second-order valence-electron chi connectivity index (χ2n) is 3.98. The molecule has 1 rings (SSSR count). The largest absolute Gasteiger partial charge is 0.490 e. The van der Waals surface area contributed by atoms with Gasteiger partial charge in [-0.1, -0.05) is 6.92 Å². The van der Waals surface area contributed by atoms with E-state index in [0.29, 0.717) is 24.7 Å². The van der Waals surface area contributed by atoms with Crippen LogP contribution in [0.1, 0.15) is 20.3 Å². The maximum absolute atomic E-state index is 9.29. The van der Waals surface area contributed by atoms with Crippen LogP contribution in [0.2, 0.25) is 0 Å². The SMILES string of the molecule is CCCOc1cccnc1NCC(N)C(C)O. The minimum absolute atomic E-state index is 0.323. The summed E-state index contributed by atoms with van der Waals surface area (Å²) in [6.45, 7) is 4.83. The first kappa shape index (κ1) is 13.7. The maximum atomic E-state index is 9.29. The van der Waals surface area contributed by atoms with Crippen LogP contribution >= 0.6 is 0 Å². The molecule has 0 bridgehead atoms. The van der Waals surface area contributed by atoms with Crippen molar-refractivity contribution in [3.05, 3.63) is 18.3 Å². The molecule has 0 saturated carbocycles. The van der Waals surface area contributed by atoms with Crippen molar-refractivity contribution in [3.63, 3.8) is 0 Å². The number of aliphatic hydroxyl groups excluding tert-OH is 1. The summed E-state index contributed by atoms with van der Waals surface area (Å²) in [6.07, 6.45) is 2.09. The van der Waals surface area contributed by atoms with E-state index in [1.165, 1.54) is 0 Å². The van der Waals surface area contributed by atoms with Crippen LogP contribution in [0.5, 0.6) is 5.75 Å². The van der Waals surface area contributed by atoms with Gasteiger partial charge < -0.3 is 20.9 Å². The molecule has 17 heavy (non-hydrogen) atoms. The van der Waals surface area contributed by atoms with Crippen molar-refractivity contribution in [2.45, 2.75) is 32.4 Å². The summed E-state index contributed by atoms with van der Waals surface area (Å²) < 4.78 is 5.55. The van der Waals surface area contributed by atoms with Gasteiger partial charge in [0.1, 0.15) is 0 Å². The van der Waals surface area contributed by atoms with Gasteiger partial charge in [-0.25, -0.2) is 4.98 Å². The van der Waals surface area contributed by atoms with Gasteiger partial charge in [-0.2, -0.15) is 0 Å². The van der Waals surface area contributed by atoms with Gasteiger partial charge in [-0.3, -0.25) is 0 Å². The molecule has 5 nitrogen and oxygen atoms in total. The first-order chi connectivity index (χ1) is 8.15.